The second-order valence-corrected chi connectivity index (χ2v) is 5.22. The molecule has 1 fully saturated rings. The lowest BCUT2D eigenvalue weighted by Gasteiger charge is -2.14. The first-order valence-corrected chi connectivity index (χ1v) is 6.91. The molecule has 1 aliphatic heterocycles. The molecule has 1 saturated heterocycles. The minimum Gasteiger partial charge on any atom is -0.504 e. The topological polar surface area (TPSA) is 89.9 Å². The van der Waals surface area contributed by atoms with Crippen LogP contribution in [0, 0.1) is 6.92 Å². The number of carbonyl (C=O) groups is 2. The molecule has 0 bridgehead atoms. The summed E-state index contributed by atoms with van der Waals surface area (Å²) in [6, 6.07) is 11.2. The third kappa shape index (κ3) is 2.74. The fourth-order valence-corrected chi connectivity index (χ4v) is 2.23. The van der Waals surface area contributed by atoms with Crippen LogP contribution in [0.2, 0.25) is 0 Å². The first-order chi connectivity index (χ1) is 11.0. The van der Waals surface area contributed by atoms with Gasteiger partial charge in [-0.15, -0.1) is 0 Å². The van der Waals surface area contributed by atoms with Crippen molar-refractivity contribution in [3.05, 3.63) is 59.2 Å². The smallest absolute Gasteiger partial charge is 0.282 e. The maximum Gasteiger partial charge on any atom is 0.282 e. The van der Waals surface area contributed by atoms with Crippen molar-refractivity contribution in [2.45, 2.75) is 6.92 Å². The second kappa shape index (κ2) is 5.49. The monoisotopic (exact) mass is 310 g/mol. The van der Waals surface area contributed by atoms with Gasteiger partial charge < -0.3 is 10.2 Å². The molecule has 2 aromatic rings. The number of aryl methyl sites for hydroxylation is 1. The van der Waals surface area contributed by atoms with Crippen LogP contribution in [0.5, 0.6) is 11.5 Å². The fourth-order valence-electron chi connectivity index (χ4n) is 2.23. The van der Waals surface area contributed by atoms with Gasteiger partial charge in [-0.3, -0.25) is 15.0 Å². The lowest BCUT2D eigenvalue weighted by Crippen LogP contribution is -2.35. The summed E-state index contributed by atoms with van der Waals surface area (Å²) in [6.07, 6.45) is 1.37. The highest BCUT2D eigenvalue weighted by molar-refractivity contribution is 6.31. The van der Waals surface area contributed by atoms with E-state index in [0.717, 1.165) is 5.56 Å². The van der Waals surface area contributed by atoms with Gasteiger partial charge in [-0.05, 0) is 42.8 Å². The number of nitrogens with one attached hydrogen (secondary N) is 1. The normalized spacial score (nSPS) is 16.0. The van der Waals surface area contributed by atoms with E-state index >= 15 is 0 Å². The highest BCUT2D eigenvalue weighted by Crippen LogP contribution is 2.27. The Morgan fingerprint density at radius 3 is 2.35 bits per heavy atom. The Labute approximate surface area is 132 Å². The van der Waals surface area contributed by atoms with Crippen molar-refractivity contribution in [1.29, 1.82) is 0 Å². The number of aromatic hydroxyl groups is 2. The molecule has 0 aliphatic carbocycles. The molecule has 116 valence electrons. The van der Waals surface area contributed by atoms with Crippen molar-refractivity contribution in [3.8, 4) is 11.5 Å². The van der Waals surface area contributed by atoms with Crippen LogP contribution in [-0.2, 0) is 9.59 Å². The third-order valence-electron chi connectivity index (χ3n) is 3.49. The maximum atomic E-state index is 12.4. The average molecular weight is 310 g/mol. The van der Waals surface area contributed by atoms with E-state index in [2.05, 4.69) is 5.43 Å². The van der Waals surface area contributed by atoms with E-state index in [1.807, 2.05) is 19.1 Å². The molecule has 0 saturated carbocycles. The predicted octanol–water partition coefficient (Wildman–Crippen LogP) is 1.87. The number of phenolic OH excluding ortho intramolecular Hbond substituents is 2. The molecule has 1 aliphatic rings. The van der Waals surface area contributed by atoms with Crippen molar-refractivity contribution in [1.82, 2.24) is 5.43 Å². The number of carbonyl (C=O) groups excluding carboxylic acids is 2. The van der Waals surface area contributed by atoms with Crippen LogP contribution in [-0.4, -0.2) is 22.0 Å². The third-order valence-corrected chi connectivity index (χ3v) is 3.49. The van der Waals surface area contributed by atoms with Crippen LogP contribution >= 0.6 is 0 Å². The minimum absolute atomic E-state index is 0.0457. The van der Waals surface area contributed by atoms with Gasteiger partial charge in [-0.25, -0.2) is 5.01 Å². The van der Waals surface area contributed by atoms with Gasteiger partial charge in [0.2, 0.25) is 0 Å². The van der Waals surface area contributed by atoms with E-state index in [1.54, 1.807) is 12.1 Å². The van der Waals surface area contributed by atoms with Crippen LogP contribution in [0.3, 0.4) is 0 Å². The maximum absolute atomic E-state index is 12.4. The summed E-state index contributed by atoms with van der Waals surface area (Å²) >= 11 is 0. The first kappa shape index (κ1) is 14.6. The first-order valence-electron chi connectivity index (χ1n) is 6.91. The molecule has 2 aromatic carbocycles. The Morgan fingerprint density at radius 1 is 1.00 bits per heavy atom. The van der Waals surface area contributed by atoms with Crippen LogP contribution < -0.4 is 10.4 Å². The average Bonchev–Trinajstić information content (AvgIpc) is 2.80. The molecule has 0 atom stereocenters. The number of hydrogen-bond acceptors (Lipinski definition) is 4. The second-order valence-electron chi connectivity index (χ2n) is 5.22. The van der Waals surface area contributed by atoms with Crippen molar-refractivity contribution in [2.75, 3.05) is 5.01 Å². The van der Waals surface area contributed by atoms with Crippen molar-refractivity contribution in [2.24, 2.45) is 0 Å². The Morgan fingerprint density at radius 2 is 1.70 bits per heavy atom. The molecule has 6 heteroatoms. The van der Waals surface area contributed by atoms with Gasteiger partial charge >= 0.3 is 0 Å². The molecule has 1 heterocycles. The molecule has 0 radical (unpaired) electrons. The van der Waals surface area contributed by atoms with Crippen LogP contribution in [0.4, 0.5) is 5.69 Å². The number of anilines is 1. The van der Waals surface area contributed by atoms with Crippen molar-refractivity contribution >= 4 is 23.6 Å². The molecule has 0 aromatic heterocycles. The van der Waals surface area contributed by atoms with E-state index in [1.165, 1.54) is 29.3 Å². The highest BCUT2D eigenvalue weighted by Gasteiger charge is 2.34. The molecular formula is C17H14N2O4. The summed E-state index contributed by atoms with van der Waals surface area (Å²) in [5, 5.41) is 20.0. The number of amides is 2. The highest BCUT2D eigenvalue weighted by atomic mass is 16.3. The quantitative estimate of drug-likeness (QED) is 0.449. The summed E-state index contributed by atoms with van der Waals surface area (Å²) in [5.41, 5.74) is 4.49. The van der Waals surface area contributed by atoms with Crippen LogP contribution in [0.25, 0.3) is 6.08 Å². The van der Waals surface area contributed by atoms with Gasteiger partial charge in [-0.2, -0.15) is 0 Å². The summed E-state index contributed by atoms with van der Waals surface area (Å²) in [7, 11) is 0. The lowest BCUT2D eigenvalue weighted by molar-refractivity contribution is -0.117. The van der Waals surface area contributed by atoms with Gasteiger partial charge in [0.15, 0.2) is 11.5 Å². The van der Waals surface area contributed by atoms with Crippen LogP contribution in [0.15, 0.2) is 48.0 Å². The predicted molar refractivity (Wildman–Crippen MR) is 84.6 cm³/mol. The Hall–Kier alpha value is -3.28. The minimum atomic E-state index is -0.525. The van der Waals surface area contributed by atoms with E-state index in [9.17, 15) is 19.8 Å². The summed E-state index contributed by atoms with van der Waals surface area (Å²) in [5.74, 6) is -1.59. The largest absolute Gasteiger partial charge is 0.504 e. The fraction of sp³-hybridized carbons (Fsp3) is 0.0588. The summed E-state index contributed by atoms with van der Waals surface area (Å²) in [4.78, 5) is 24.5. The molecule has 0 unspecified atom stereocenters. The molecular weight excluding hydrogens is 296 g/mol. The molecule has 23 heavy (non-hydrogen) atoms. The number of benzene rings is 2. The van der Waals surface area contributed by atoms with Crippen molar-refractivity contribution < 1.29 is 19.8 Å². The van der Waals surface area contributed by atoms with Gasteiger partial charge in [0.1, 0.15) is 5.57 Å². The lowest BCUT2D eigenvalue weighted by atomic mass is 10.1. The standard InChI is InChI=1S/C17H14N2O4/c1-10-2-5-12(6-3-10)19-17(23)13(16(22)18-19)8-11-4-7-14(20)15(21)9-11/h2-9,20-21H,1H3,(H,18,22)/b13-8+. The zero-order valence-electron chi connectivity index (χ0n) is 12.3. The Bertz CT molecular complexity index is 825. The Balaban J connectivity index is 1.93. The molecule has 2 amide bonds. The molecule has 3 rings (SSSR count). The summed E-state index contributed by atoms with van der Waals surface area (Å²) < 4.78 is 0. The van der Waals surface area contributed by atoms with Gasteiger partial charge in [0.05, 0.1) is 5.69 Å². The molecule has 3 N–H and O–H groups in total. The SMILES string of the molecule is Cc1ccc(N2NC(=O)/C(=C\c3ccc(O)c(O)c3)C2=O)cc1. The number of rotatable bonds is 2. The Kier molecular flexibility index (Phi) is 3.50. The number of phenols is 2. The van der Waals surface area contributed by atoms with E-state index < -0.39 is 11.8 Å². The van der Waals surface area contributed by atoms with Gasteiger partial charge in [0.25, 0.3) is 11.8 Å². The van der Waals surface area contributed by atoms with E-state index in [0.29, 0.717) is 11.3 Å². The number of hydrazine groups is 1. The number of hydrogen-bond donors (Lipinski definition) is 3. The summed E-state index contributed by atoms with van der Waals surface area (Å²) in [6.45, 7) is 1.93. The zero-order chi connectivity index (χ0) is 16.6. The molecule has 0 spiro atoms. The van der Waals surface area contributed by atoms with Gasteiger partial charge in [-0.1, -0.05) is 23.8 Å². The van der Waals surface area contributed by atoms with Crippen LogP contribution in [0.1, 0.15) is 11.1 Å². The zero-order valence-corrected chi connectivity index (χ0v) is 12.3. The van der Waals surface area contributed by atoms with E-state index in [-0.39, 0.29) is 17.1 Å². The molecule has 6 nitrogen and oxygen atoms in total. The van der Waals surface area contributed by atoms with Gasteiger partial charge in [0, 0.05) is 0 Å². The number of nitrogens with zero attached hydrogens (tertiary/aromatic N) is 1. The van der Waals surface area contributed by atoms with Crippen molar-refractivity contribution in [3.63, 3.8) is 0 Å². The van der Waals surface area contributed by atoms with E-state index in [4.69, 9.17) is 0 Å².